The zero-order valence-electron chi connectivity index (χ0n) is 7.52. The van der Waals surface area contributed by atoms with E-state index < -0.39 is 0 Å². The van der Waals surface area contributed by atoms with Crippen molar-refractivity contribution in [3.63, 3.8) is 0 Å². The van der Waals surface area contributed by atoms with Crippen LogP contribution in [0.3, 0.4) is 0 Å². The van der Waals surface area contributed by atoms with Crippen molar-refractivity contribution >= 4 is 27.5 Å². The maximum Gasteiger partial charge on any atom is 0.133 e. The molecule has 0 saturated heterocycles. The van der Waals surface area contributed by atoms with Crippen LogP contribution in [0.1, 0.15) is 19.8 Å². The lowest BCUT2D eigenvalue weighted by molar-refractivity contribution is 0.307. The average Bonchev–Trinajstić information content (AvgIpc) is 2.09. The molecule has 0 aliphatic heterocycles. The molecule has 0 aromatic heterocycles. The monoisotopic (exact) mass is 262 g/mol. The number of ether oxygens (including phenoxy) is 1. The van der Waals surface area contributed by atoms with Gasteiger partial charge in [0, 0.05) is 5.02 Å². The quantitative estimate of drug-likeness (QED) is 0.737. The Hall–Kier alpha value is -0.210. The third kappa shape index (κ3) is 3.57. The molecule has 0 radical (unpaired) electrons. The first-order valence-corrected chi connectivity index (χ1v) is 5.49. The highest BCUT2D eigenvalue weighted by Gasteiger charge is 2.00. The van der Waals surface area contributed by atoms with Gasteiger partial charge in [-0.05, 0) is 40.5 Å². The lowest BCUT2D eigenvalue weighted by Gasteiger charge is -2.07. The summed E-state index contributed by atoms with van der Waals surface area (Å²) in [5.41, 5.74) is 0. The van der Waals surface area contributed by atoms with Crippen molar-refractivity contribution in [1.29, 1.82) is 0 Å². The summed E-state index contributed by atoms with van der Waals surface area (Å²) in [7, 11) is 0. The summed E-state index contributed by atoms with van der Waals surface area (Å²) >= 11 is 9.18. The van der Waals surface area contributed by atoms with Crippen molar-refractivity contribution in [2.75, 3.05) is 6.61 Å². The molecule has 72 valence electrons. The zero-order valence-corrected chi connectivity index (χ0v) is 9.86. The molecule has 0 fully saturated rings. The van der Waals surface area contributed by atoms with E-state index >= 15 is 0 Å². The SMILES string of the molecule is CCCCOc1ccc(Cl)cc1Br. The predicted molar refractivity (Wildman–Crippen MR) is 59.6 cm³/mol. The van der Waals surface area contributed by atoms with Crippen LogP contribution in [0.25, 0.3) is 0 Å². The third-order valence-corrected chi connectivity index (χ3v) is 2.50. The Labute approximate surface area is 92.2 Å². The molecular formula is C10H12BrClO. The molecule has 1 rings (SSSR count). The average molecular weight is 264 g/mol. The van der Waals surface area contributed by atoms with Gasteiger partial charge in [-0.1, -0.05) is 24.9 Å². The van der Waals surface area contributed by atoms with E-state index in [4.69, 9.17) is 16.3 Å². The first-order valence-electron chi connectivity index (χ1n) is 4.32. The maximum atomic E-state index is 5.79. The van der Waals surface area contributed by atoms with Gasteiger partial charge in [-0.2, -0.15) is 0 Å². The molecule has 1 nitrogen and oxygen atoms in total. The van der Waals surface area contributed by atoms with Crippen LogP contribution < -0.4 is 4.74 Å². The van der Waals surface area contributed by atoms with E-state index in [1.807, 2.05) is 18.2 Å². The van der Waals surface area contributed by atoms with E-state index in [2.05, 4.69) is 22.9 Å². The minimum Gasteiger partial charge on any atom is -0.492 e. The Morgan fingerprint density at radius 1 is 1.46 bits per heavy atom. The fourth-order valence-corrected chi connectivity index (χ4v) is 1.72. The van der Waals surface area contributed by atoms with E-state index in [0.717, 1.165) is 34.7 Å². The first kappa shape index (κ1) is 10.9. The van der Waals surface area contributed by atoms with Gasteiger partial charge in [0.2, 0.25) is 0 Å². The molecule has 0 amide bonds. The number of hydrogen-bond acceptors (Lipinski definition) is 1. The van der Waals surface area contributed by atoms with E-state index in [0.29, 0.717) is 0 Å². The molecule has 0 aliphatic carbocycles. The van der Waals surface area contributed by atoms with Gasteiger partial charge < -0.3 is 4.74 Å². The lowest BCUT2D eigenvalue weighted by Crippen LogP contribution is -1.96. The van der Waals surface area contributed by atoms with E-state index in [1.54, 1.807) is 0 Å². The van der Waals surface area contributed by atoms with E-state index in [1.165, 1.54) is 0 Å². The van der Waals surface area contributed by atoms with Gasteiger partial charge in [-0.15, -0.1) is 0 Å². The van der Waals surface area contributed by atoms with Crippen LogP contribution in [0, 0.1) is 0 Å². The second-order valence-electron chi connectivity index (χ2n) is 2.78. The van der Waals surface area contributed by atoms with Gasteiger partial charge >= 0.3 is 0 Å². The zero-order chi connectivity index (χ0) is 9.68. The summed E-state index contributed by atoms with van der Waals surface area (Å²) < 4.78 is 6.44. The number of hydrogen-bond donors (Lipinski definition) is 0. The largest absolute Gasteiger partial charge is 0.492 e. The Balaban J connectivity index is 2.56. The molecule has 0 unspecified atom stereocenters. The van der Waals surface area contributed by atoms with Crippen LogP contribution in [0.5, 0.6) is 5.75 Å². The third-order valence-electron chi connectivity index (χ3n) is 1.65. The molecule has 0 saturated carbocycles. The predicted octanol–water partition coefficient (Wildman–Crippen LogP) is 4.28. The van der Waals surface area contributed by atoms with Crippen molar-refractivity contribution in [1.82, 2.24) is 0 Å². The highest BCUT2D eigenvalue weighted by atomic mass is 79.9. The normalized spacial score (nSPS) is 10.1. The first-order chi connectivity index (χ1) is 6.24. The lowest BCUT2D eigenvalue weighted by atomic mass is 10.3. The molecule has 1 aromatic carbocycles. The smallest absolute Gasteiger partial charge is 0.133 e. The molecule has 0 N–H and O–H groups in total. The summed E-state index contributed by atoms with van der Waals surface area (Å²) in [5.74, 6) is 0.859. The molecule has 0 atom stereocenters. The molecule has 13 heavy (non-hydrogen) atoms. The fraction of sp³-hybridized carbons (Fsp3) is 0.400. The molecular weight excluding hydrogens is 251 g/mol. The van der Waals surface area contributed by atoms with Crippen LogP contribution in [0.15, 0.2) is 22.7 Å². The van der Waals surface area contributed by atoms with Gasteiger partial charge in [0.15, 0.2) is 0 Å². The van der Waals surface area contributed by atoms with Gasteiger partial charge in [0.05, 0.1) is 11.1 Å². The van der Waals surface area contributed by atoms with Crippen molar-refractivity contribution in [2.24, 2.45) is 0 Å². The van der Waals surface area contributed by atoms with E-state index in [-0.39, 0.29) is 0 Å². The summed E-state index contributed by atoms with van der Waals surface area (Å²) in [4.78, 5) is 0. The van der Waals surface area contributed by atoms with Crippen LogP contribution in [-0.4, -0.2) is 6.61 Å². The van der Waals surface area contributed by atoms with Crippen molar-refractivity contribution in [3.05, 3.63) is 27.7 Å². The Morgan fingerprint density at radius 2 is 2.23 bits per heavy atom. The Kier molecular flexibility index (Phi) is 4.60. The number of halogens is 2. The number of rotatable bonds is 4. The van der Waals surface area contributed by atoms with E-state index in [9.17, 15) is 0 Å². The standard InChI is InChI=1S/C10H12BrClO/c1-2-3-6-13-10-5-4-8(12)7-9(10)11/h4-5,7H,2-3,6H2,1H3. The number of benzene rings is 1. The van der Waals surface area contributed by atoms with Crippen LogP contribution in [0.4, 0.5) is 0 Å². The fourth-order valence-electron chi connectivity index (χ4n) is 0.919. The molecule has 0 aliphatic rings. The van der Waals surface area contributed by atoms with Crippen molar-refractivity contribution in [3.8, 4) is 5.75 Å². The highest BCUT2D eigenvalue weighted by molar-refractivity contribution is 9.10. The van der Waals surface area contributed by atoms with Crippen LogP contribution >= 0.6 is 27.5 Å². The van der Waals surface area contributed by atoms with Crippen molar-refractivity contribution in [2.45, 2.75) is 19.8 Å². The summed E-state index contributed by atoms with van der Waals surface area (Å²) in [6, 6.07) is 5.54. The van der Waals surface area contributed by atoms with Crippen LogP contribution in [0.2, 0.25) is 5.02 Å². The summed E-state index contributed by atoms with van der Waals surface area (Å²) in [5, 5.41) is 0.717. The van der Waals surface area contributed by atoms with Gasteiger partial charge in [-0.3, -0.25) is 0 Å². The summed E-state index contributed by atoms with van der Waals surface area (Å²) in [6.07, 6.45) is 2.22. The van der Waals surface area contributed by atoms with Gasteiger partial charge in [0.1, 0.15) is 5.75 Å². The van der Waals surface area contributed by atoms with Gasteiger partial charge in [-0.25, -0.2) is 0 Å². The maximum absolute atomic E-state index is 5.79. The molecule has 3 heteroatoms. The minimum atomic E-state index is 0.717. The second-order valence-corrected chi connectivity index (χ2v) is 4.07. The Bertz CT molecular complexity index is 276. The summed E-state index contributed by atoms with van der Waals surface area (Å²) in [6.45, 7) is 2.90. The van der Waals surface area contributed by atoms with Gasteiger partial charge in [0.25, 0.3) is 0 Å². The Morgan fingerprint density at radius 3 is 2.85 bits per heavy atom. The topological polar surface area (TPSA) is 9.23 Å². The minimum absolute atomic E-state index is 0.717. The molecule has 0 spiro atoms. The molecule has 0 heterocycles. The molecule has 0 bridgehead atoms. The van der Waals surface area contributed by atoms with Crippen molar-refractivity contribution < 1.29 is 4.74 Å². The highest BCUT2D eigenvalue weighted by Crippen LogP contribution is 2.27. The molecule has 1 aromatic rings. The van der Waals surface area contributed by atoms with Crippen LogP contribution in [-0.2, 0) is 0 Å². The number of unbranched alkanes of at least 4 members (excludes halogenated alkanes) is 1. The second kappa shape index (κ2) is 5.51.